The number of aryl methyl sites for hydroxylation is 2. The van der Waals surface area contributed by atoms with Gasteiger partial charge in [0.15, 0.2) is 0 Å². The molecule has 0 spiro atoms. The third kappa shape index (κ3) is 4.58. The topological polar surface area (TPSA) is 51.2 Å². The Morgan fingerprint density at radius 1 is 1.24 bits per heavy atom. The van der Waals surface area contributed by atoms with E-state index in [9.17, 15) is 4.79 Å². The Hall–Kier alpha value is -1.93. The summed E-state index contributed by atoms with van der Waals surface area (Å²) < 4.78 is 6.93. The lowest BCUT2D eigenvalue weighted by Crippen LogP contribution is -2.14. The number of carbonyl (C=O) groups excluding carboxylic acids is 1. The Bertz CT molecular complexity index is 908. The Balaban J connectivity index is 1.74. The molecule has 6 heteroatoms. The van der Waals surface area contributed by atoms with Crippen molar-refractivity contribution in [2.45, 2.75) is 20.5 Å². The van der Waals surface area contributed by atoms with E-state index in [0.29, 0.717) is 17.9 Å². The quantitative estimate of drug-likeness (QED) is 0.529. The second kappa shape index (κ2) is 7.97. The van der Waals surface area contributed by atoms with Crippen LogP contribution in [0.3, 0.4) is 0 Å². The van der Waals surface area contributed by atoms with Crippen LogP contribution < -0.4 is 10.1 Å². The molecule has 0 aliphatic rings. The van der Waals surface area contributed by atoms with Crippen LogP contribution in [0.1, 0.15) is 26.6 Å². The van der Waals surface area contributed by atoms with E-state index in [1.54, 1.807) is 23.5 Å². The highest BCUT2D eigenvalue weighted by molar-refractivity contribution is 14.1. The molecule has 0 unspecified atom stereocenters. The van der Waals surface area contributed by atoms with Gasteiger partial charge in [-0.1, -0.05) is 18.2 Å². The summed E-state index contributed by atoms with van der Waals surface area (Å²) in [5.41, 5.74) is 3.32. The zero-order chi connectivity index (χ0) is 17.8. The predicted octanol–water partition coefficient (Wildman–Crippen LogP) is 5.20. The van der Waals surface area contributed by atoms with Gasteiger partial charge in [0.25, 0.3) is 5.91 Å². The average Bonchev–Trinajstić information content (AvgIpc) is 3.02. The number of halogens is 1. The van der Waals surface area contributed by atoms with Crippen LogP contribution in [-0.4, -0.2) is 10.9 Å². The predicted molar refractivity (Wildman–Crippen MR) is 109 cm³/mol. The lowest BCUT2D eigenvalue weighted by molar-refractivity contribution is 0.102. The summed E-state index contributed by atoms with van der Waals surface area (Å²) in [5, 5.41) is 5.89. The molecule has 25 heavy (non-hydrogen) atoms. The number of anilines is 1. The van der Waals surface area contributed by atoms with Gasteiger partial charge in [-0.2, -0.15) is 0 Å². The van der Waals surface area contributed by atoms with Gasteiger partial charge in [-0.25, -0.2) is 4.98 Å². The van der Waals surface area contributed by atoms with Crippen molar-refractivity contribution in [2.75, 3.05) is 5.32 Å². The fourth-order valence-corrected chi connectivity index (χ4v) is 3.39. The second-order valence-corrected chi connectivity index (χ2v) is 7.79. The third-order valence-corrected chi connectivity index (χ3v) is 5.59. The monoisotopic (exact) mass is 464 g/mol. The van der Waals surface area contributed by atoms with Gasteiger partial charge in [-0.3, -0.25) is 4.79 Å². The Morgan fingerprint density at radius 2 is 2.04 bits per heavy atom. The number of aromatic nitrogens is 1. The van der Waals surface area contributed by atoms with Crippen molar-refractivity contribution in [3.8, 4) is 5.75 Å². The molecule has 0 saturated heterocycles. The molecule has 0 atom stereocenters. The first-order valence-electron chi connectivity index (χ1n) is 7.73. The van der Waals surface area contributed by atoms with Crippen molar-refractivity contribution in [1.29, 1.82) is 0 Å². The van der Waals surface area contributed by atoms with Crippen LogP contribution in [0.4, 0.5) is 5.69 Å². The van der Waals surface area contributed by atoms with Gasteiger partial charge >= 0.3 is 0 Å². The van der Waals surface area contributed by atoms with Gasteiger partial charge in [-0.15, -0.1) is 11.3 Å². The fourth-order valence-electron chi connectivity index (χ4n) is 2.28. The smallest absolute Gasteiger partial charge is 0.259 e. The third-order valence-electron chi connectivity index (χ3n) is 3.60. The van der Waals surface area contributed by atoms with Crippen molar-refractivity contribution in [3.05, 3.63) is 73.2 Å². The van der Waals surface area contributed by atoms with Crippen molar-refractivity contribution >= 4 is 45.5 Å². The van der Waals surface area contributed by atoms with E-state index in [-0.39, 0.29) is 5.91 Å². The Labute approximate surface area is 164 Å². The first kappa shape index (κ1) is 17.9. The molecule has 2 aromatic carbocycles. The first-order valence-corrected chi connectivity index (χ1v) is 9.69. The highest BCUT2D eigenvalue weighted by Gasteiger charge is 2.13. The highest BCUT2D eigenvalue weighted by atomic mass is 127. The van der Waals surface area contributed by atoms with E-state index in [1.165, 1.54) is 5.56 Å². The lowest BCUT2D eigenvalue weighted by Gasteiger charge is -2.11. The molecule has 3 aromatic rings. The Morgan fingerprint density at radius 3 is 2.76 bits per heavy atom. The minimum atomic E-state index is -0.190. The van der Waals surface area contributed by atoms with E-state index in [1.807, 2.05) is 49.6 Å². The summed E-state index contributed by atoms with van der Waals surface area (Å²) in [4.78, 5) is 17.0. The van der Waals surface area contributed by atoms with E-state index in [0.717, 1.165) is 20.0 Å². The second-order valence-electron chi connectivity index (χ2n) is 5.56. The van der Waals surface area contributed by atoms with Crippen LogP contribution in [0.2, 0.25) is 0 Å². The number of nitrogens with one attached hydrogen (secondary N) is 1. The molecule has 1 heterocycles. The van der Waals surface area contributed by atoms with Crippen LogP contribution in [0.5, 0.6) is 5.75 Å². The molecule has 0 saturated carbocycles. The molecule has 4 nitrogen and oxygen atoms in total. The SMILES string of the molecule is Cc1nc(COc2ccccc2C(=O)Nc2ccc(C)c(I)c2)cs1. The zero-order valence-electron chi connectivity index (χ0n) is 13.9. The van der Waals surface area contributed by atoms with E-state index in [2.05, 4.69) is 32.9 Å². The summed E-state index contributed by atoms with van der Waals surface area (Å²) in [6.07, 6.45) is 0. The summed E-state index contributed by atoms with van der Waals surface area (Å²) in [7, 11) is 0. The molecule has 0 aliphatic heterocycles. The van der Waals surface area contributed by atoms with Crippen LogP contribution in [0.15, 0.2) is 47.8 Å². The van der Waals surface area contributed by atoms with E-state index >= 15 is 0 Å². The van der Waals surface area contributed by atoms with Gasteiger partial charge in [-0.05, 0) is 66.3 Å². The fraction of sp³-hybridized carbons (Fsp3) is 0.158. The van der Waals surface area contributed by atoms with Crippen LogP contribution in [0, 0.1) is 17.4 Å². The van der Waals surface area contributed by atoms with Crippen LogP contribution >= 0.6 is 33.9 Å². The number of ether oxygens (including phenoxy) is 1. The van der Waals surface area contributed by atoms with Gasteiger partial charge in [0, 0.05) is 14.6 Å². The first-order chi connectivity index (χ1) is 12.0. The molecule has 0 bridgehead atoms. The minimum Gasteiger partial charge on any atom is -0.486 e. The maximum absolute atomic E-state index is 12.6. The number of hydrogen-bond acceptors (Lipinski definition) is 4. The zero-order valence-corrected chi connectivity index (χ0v) is 16.8. The number of thiazole rings is 1. The molecule has 0 fully saturated rings. The molecular formula is C19H17IN2O2S. The van der Waals surface area contributed by atoms with Gasteiger partial charge in [0.1, 0.15) is 12.4 Å². The number of rotatable bonds is 5. The number of hydrogen-bond donors (Lipinski definition) is 1. The average molecular weight is 464 g/mol. The summed E-state index contributed by atoms with van der Waals surface area (Å²) in [6, 6.07) is 13.1. The van der Waals surface area contributed by atoms with E-state index in [4.69, 9.17) is 4.74 Å². The summed E-state index contributed by atoms with van der Waals surface area (Å²) in [5.74, 6) is 0.358. The molecule has 1 aromatic heterocycles. The molecule has 1 N–H and O–H groups in total. The number of benzene rings is 2. The molecule has 3 rings (SSSR count). The standard InChI is InChI=1S/C19H17IN2O2S/c1-12-7-8-14(9-17(12)20)22-19(23)16-5-3-4-6-18(16)24-10-15-11-25-13(2)21-15/h3-9,11H,10H2,1-2H3,(H,22,23). The Kier molecular flexibility index (Phi) is 5.70. The van der Waals surface area contributed by atoms with Gasteiger partial charge in [0.2, 0.25) is 0 Å². The highest BCUT2D eigenvalue weighted by Crippen LogP contribution is 2.23. The van der Waals surface area contributed by atoms with Crippen molar-refractivity contribution < 1.29 is 9.53 Å². The van der Waals surface area contributed by atoms with E-state index < -0.39 is 0 Å². The molecule has 0 radical (unpaired) electrons. The minimum absolute atomic E-state index is 0.190. The van der Waals surface area contributed by atoms with Gasteiger partial charge < -0.3 is 10.1 Å². The molecule has 0 aliphatic carbocycles. The van der Waals surface area contributed by atoms with Gasteiger partial charge in [0.05, 0.1) is 16.3 Å². The normalized spacial score (nSPS) is 10.5. The number of nitrogens with zero attached hydrogens (tertiary/aromatic N) is 1. The number of para-hydroxylation sites is 1. The maximum Gasteiger partial charge on any atom is 0.259 e. The number of carbonyl (C=O) groups is 1. The summed E-state index contributed by atoms with van der Waals surface area (Å²) in [6.45, 7) is 4.34. The lowest BCUT2D eigenvalue weighted by atomic mass is 10.1. The molecular weight excluding hydrogens is 447 g/mol. The van der Waals surface area contributed by atoms with Crippen molar-refractivity contribution in [3.63, 3.8) is 0 Å². The van der Waals surface area contributed by atoms with Crippen LogP contribution in [0.25, 0.3) is 0 Å². The molecule has 1 amide bonds. The molecule has 128 valence electrons. The van der Waals surface area contributed by atoms with Crippen molar-refractivity contribution in [1.82, 2.24) is 4.98 Å². The van der Waals surface area contributed by atoms with Crippen molar-refractivity contribution in [2.24, 2.45) is 0 Å². The maximum atomic E-state index is 12.6. The largest absolute Gasteiger partial charge is 0.486 e. The summed E-state index contributed by atoms with van der Waals surface area (Å²) >= 11 is 3.84. The number of amides is 1. The van der Waals surface area contributed by atoms with Crippen LogP contribution in [-0.2, 0) is 6.61 Å².